The number of anilines is 1. The first kappa shape index (κ1) is 23.2. The lowest BCUT2D eigenvalue weighted by molar-refractivity contribution is 0.395. The highest BCUT2D eigenvalue weighted by molar-refractivity contribution is 5.71. The summed E-state index contributed by atoms with van der Waals surface area (Å²) < 4.78 is 11.5. The van der Waals surface area contributed by atoms with Crippen LogP contribution in [0.25, 0.3) is 11.3 Å². The molecule has 0 radical (unpaired) electrons. The molecule has 0 N–H and O–H groups in total. The fourth-order valence-corrected chi connectivity index (χ4v) is 5.26. The van der Waals surface area contributed by atoms with E-state index in [9.17, 15) is 0 Å². The molecule has 0 saturated carbocycles. The van der Waals surface area contributed by atoms with Crippen molar-refractivity contribution in [3.05, 3.63) is 70.4 Å². The zero-order valence-corrected chi connectivity index (χ0v) is 20.9. The van der Waals surface area contributed by atoms with Crippen LogP contribution in [0.2, 0.25) is 0 Å². The number of rotatable bonds is 7. The van der Waals surface area contributed by atoms with Gasteiger partial charge in [0, 0.05) is 36.0 Å². The lowest BCUT2D eigenvalue weighted by Crippen LogP contribution is -2.29. The van der Waals surface area contributed by atoms with Gasteiger partial charge in [-0.25, -0.2) is 0 Å². The van der Waals surface area contributed by atoms with E-state index >= 15 is 0 Å². The second-order valence-corrected chi connectivity index (χ2v) is 8.90. The molecule has 4 rings (SSSR count). The number of nitrogens with zero attached hydrogens (tertiary/aromatic N) is 2. The van der Waals surface area contributed by atoms with Crippen molar-refractivity contribution in [3.8, 4) is 22.8 Å². The molecular formula is C29H36N2O2. The second-order valence-electron chi connectivity index (χ2n) is 8.90. The van der Waals surface area contributed by atoms with Crippen LogP contribution in [0.3, 0.4) is 0 Å². The Kier molecular flexibility index (Phi) is 6.92. The average Bonchev–Trinajstić information content (AvgIpc) is 2.86. The van der Waals surface area contributed by atoms with Gasteiger partial charge >= 0.3 is 0 Å². The van der Waals surface area contributed by atoms with Gasteiger partial charge in [-0.15, -0.1) is 0 Å². The molecule has 3 aromatic rings. The number of pyridine rings is 1. The van der Waals surface area contributed by atoms with E-state index in [1.807, 2.05) is 6.07 Å². The first-order chi connectivity index (χ1) is 16.0. The fourth-order valence-electron chi connectivity index (χ4n) is 5.26. The van der Waals surface area contributed by atoms with Crippen LogP contribution in [0.5, 0.6) is 11.5 Å². The Morgan fingerprint density at radius 1 is 1.00 bits per heavy atom. The standard InChI is InChI=1S/C29H36N2O2/c1-7-20-11-9-12-21(8-2)28(20)24-18-27(33-6)29-23(30-24)13-10-14-25(29)31(4)26-17-22(32-5)16-15-19(26)3/h9,11-12,15-18,25H,7-8,10,13-14H2,1-6H3. The van der Waals surface area contributed by atoms with Crippen molar-refractivity contribution in [2.24, 2.45) is 0 Å². The van der Waals surface area contributed by atoms with Crippen LogP contribution in [-0.2, 0) is 19.3 Å². The fraction of sp³-hybridized carbons (Fsp3) is 0.414. The van der Waals surface area contributed by atoms with E-state index in [2.05, 4.69) is 69.1 Å². The SMILES string of the molecule is CCc1cccc(CC)c1-c1cc(OC)c2c(n1)CCCC2N(C)c1cc(OC)ccc1C. The Bertz CT molecular complexity index is 1100. The molecule has 1 unspecified atom stereocenters. The summed E-state index contributed by atoms with van der Waals surface area (Å²) in [5.74, 6) is 1.82. The summed E-state index contributed by atoms with van der Waals surface area (Å²) in [6.07, 6.45) is 5.15. The Balaban J connectivity index is 1.83. The first-order valence-electron chi connectivity index (χ1n) is 12.1. The number of benzene rings is 2. The zero-order valence-electron chi connectivity index (χ0n) is 20.9. The van der Waals surface area contributed by atoms with Gasteiger partial charge in [0.2, 0.25) is 0 Å². The van der Waals surface area contributed by atoms with E-state index in [1.165, 1.54) is 39.2 Å². The van der Waals surface area contributed by atoms with Crippen LogP contribution >= 0.6 is 0 Å². The maximum atomic E-state index is 6.02. The van der Waals surface area contributed by atoms with Gasteiger partial charge in [0.1, 0.15) is 11.5 Å². The van der Waals surface area contributed by atoms with Gasteiger partial charge in [-0.3, -0.25) is 4.98 Å². The quantitative estimate of drug-likeness (QED) is 0.405. The predicted octanol–water partition coefficient (Wildman–Crippen LogP) is 6.71. The summed E-state index contributed by atoms with van der Waals surface area (Å²) in [5.41, 5.74) is 9.83. The van der Waals surface area contributed by atoms with E-state index in [1.54, 1.807) is 14.2 Å². The summed E-state index contributed by atoms with van der Waals surface area (Å²) >= 11 is 0. The minimum Gasteiger partial charge on any atom is -0.497 e. The maximum absolute atomic E-state index is 6.02. The minimum atomic E-state index is 0.211. The number of methoxy groups -OCH3 is 2. The molecule has 174 valence electrons. The molecule has 1 aliphatic carbocycles. The van der Waals surface area contributed by atoms with Crippen LogP contribution in [0.15, 0.2) is 42.5 Å². The monoisotopic (exact) mass is 444 g/mol. The Morgan fingerprint density at radius 3 is 2.36 bits per heavy atom. The first-order valence-corrected chi connectivity index (χ1v) is 12.1. The highest BCUT2D eigenvalue weighted by atomic mass is 16.5. The van der Waals surface area contributed by atoms with Crippen LogP contribution in [0, 0.1) is 6.92 Å². The van der Waals surface area contributed by atoms with Crippen molar-refractivity contribution in [1.29, 1.82) is 0 Å². The molecule has 1 heterocycles. The molecule has 2 aromatic carbocycles. The Labute approximate surface area is 198 Å². The third-order valence-electron chi connectivity index (χ3n) is 7.06. The summed E-state index contributed by atoms with van der Waals surface area (Å²) in [6, 6.07) is 15.3. The normalized spacial score (nSPS) is 15.2. The van der Waals surface area contributed by atoms with Gasteiger partial charge < -0.3 is 14.4 Å². The van der Waals surface area contributed by atoms with Crippen molar-refractivity contribution in [2.75, 3.05) is 26.2 Å². The van der Waals surface area contributed by atoms with E-state index < -0.39 is 0 Å². The van der Waals surface area contributed by atoms with Crippen LogP contribution < -0.4 is 14.4 Å². The number of hydrogen-bond acceptors (Lipinski definition) is 4. The molecule has 1 aliphatic rings. The van der Waals surface area contributed by atoms with E-state index in [4.69, 9.17) is 14.5 Å². The Morgan fingerprint density at radius 2 is 1.73 bits per heavy atom. The van der Waals surface area contributed by atoms with E-state index in [0.717, 1.165) is 49.3 Å². The van der Waals surface area contributed by atoms with Crippen molar-refractivity contribution in [3.63, 3.8) is 0 Å². The highest BCUT2D eigenvalue weighted by Gasteiger charge is 2.30. The highest BCUT2D eigenvalue weighted by Crippen LogP contribution is 2.43. The van der Waals surface area contributed by atoms with Crippen molar-refractivity contribution in [2.45, 2.75) is 58.9 Å². The lowest BCUT2D eigenvalue weighted by atomic mass is 9.87. The largest absolute Gasteiger partial charge is 0.497 e. The number of hydrogen-bond donors (Lipinski definition) is 0. The molecule has 0 amide bonds. The van der Waals surface area contributed by atoms with E-state index in [0.29, 0.717) is 0 Å². The van der Waals surface area contributed by atoms with Crippen LogP contribution in [-0.4, -0.2) is 26.3 Å². The van der Waals surface area contributed by atoms with Crippen molar-refractivity contribution < 1.29 is 9.47 Å². The second kappa shape index (κ2) is 9.86. The minimum absolute atomic E-state index is 0.211. The number of aryl methyl sites for hydroxylation is 4. The summed E-state index contributed by atoms with van der Waals surface area (Å²) in [5, 5.41) is 0. The molecular weight excluding hydrogens is 408 g/mol. The molecule has 1 aromatic heterocycles. The number of ether oxygens (including phenoxy) is 2. The molecule has 33 heavy (non-hydrogen) atoms. The third kappa shape index (κ3) is 4.31. The van der Waals surface area contributed by atoms with Gasteiger partial charge in [0.25, 0.3) is 0 Å². The molecule has 4 heteroatoms. The molecule has 0 aliphatic heterocycles. The summed E-state index contributed by atoms with van der Waals surface area (Å²) in [4.78, 5) is 7.63. The predicted molar refractivity (Wildman–Crippen MR) is 137 cm³/mol. The number of aromatic nitrogens is 1. The molecule has 4 nitrogen and oxygen atoms in total. The molecule has 0 saturated heterocycles. The molecule has 0 fully saturated rings. The summed E-state index contributed by atoms with van der Waals surface area (Å²) in [6.45, 7) is 6.59. The van der Waals surface area contributed by atoms with Crippen LogP contribution in [0.1, 0.15) is 60.7 Å². The molecule has 0 spiro atoms. The van der Waals surface area contributed by atoms with Gasteiger partial charge in [-0.05, 0) is 61.8 Å². The van der Waals surface area contributed by atoms with E-state index in [-0.39, 0.29) is 6.04 Å². The average molecular weight is 445 g/mol. The van der Waals surface area contributed by atoms with Crippen molar-refractivity contribution in [1.82, 2.24) is 4.98 Å². The Hall–Kier alpha value is -3.01. The molecule has 0 bridgehead atoms. The maximum Gasteiger partial charge on any atom is 0.128 e. The van der Waals surface area contributed by atoms with Crippen LogP contribution in [0.4, 0.5) is 5.69 Å². The van der Waals surface area contributed by atoms with Gasteiger partial charge in [0.05, 0.1) is 31.6 Å². The third-order valence-corrected chi connectivity index (χ3v) is 7.06. The van der Waals surface area contributed by atoms with Crippen molar-refractivity contribution >= 4 is 5.69 Å². The zero-order chi connectivity index (χ0) is 23.5. The van der Waals surface area contributed by atoms with Gasteiger partial charge in [0.15, 0.2) is 0 Å². The molecule has 1 atom stereocenters. The summed E-state index contributed by atoms with van der Waals surface area (Å²) in [7, 11) is 5.68. The topological polar surface area (TPSA) is 34.6 Å². The number of fused-ring (bicyclic) bond motifs is 1. The van der Waals surface area contributed by atoms with Gasteiger partial charge in [-0.1, -0.05) is 38.1 Å². The van der Waals surface area contributed by atoms with Gasteiger partial charge in [-0.2, -0.15) is 0 Å². The lowest BCUT2D eigenvalue weighted by Gasteiger charge is -2.36. The smallest absolute Gasteiger partial charge is 0.128 e.